The molecule has 1 aliphatic heterocycles. The van der Waals surface area contributed by atoms with Gasteiger partial charge in [0.25, 0.3) is 5.91 Å². The highest BCUT2D eigenvalue weighted by Gasteiger charge is 2.34. The van der Waals surface area contributed by atoms with Gasteiger partial charge in [-0.3, -0.25) is 14.5 Å². The molecule has 2 atom stereocenters. The van der Waals surface area contributed by atoms with E-state index in [-0.39, 0.29) is 11.9 Å². The highest BCUT2D eigenvalue weighted by Crippen LogP contribution is 2.32. The maximum atomic E-state index is 13.8. The molecule has 180 valence electrons. The number of hydrogen-bond donors (Lipinski definition) is 0. The molecule has 0 N–H and O–H groups in total. The van der Waals surface area contributed by atoms with Crippen LogP contribution in [0.15, 0.2) is 48.9 Å². The van der Waals surface area contributed by atoms with E-state index in [1.165, 1.54) is 6.07 Å². The van der Waals surface area contributed by atoms with Gasteiger partial charge in [0.1, 0.15) is 0 Å². The molecule has 1 saturated heterocycles. The number of alkyl halides is 3. The molecule has 3 heterocycles. The van der Waals surface area contributed by atoms with Gasteiger partial charge in [-0.25, -0.2) is 0 Å². The second kappa shape index (κ2) is 9.60. The number of aryl methyl sites for hydroxylation is 3. The maximum absolute atomic E-state index is 13.8. The van der Waals surface area contributed by atoms with Crippen molar-refractivity contribution in [2.24, 2.45) is 13.0 Å². The first kappa shape index (κ1) is 24.0. The molecular weight excluding hydrogens is 441 g/mol. The Hall–Kier alpha value is -3.16. The van der Waals surface area contributed by atoms with Crippen molar-refractivity contribution in [2.45, 2.75) is 51.7 Å². The van der Waals surface area contributed by atoms with Gasteiger partial charge in [-0.2, -0.15) is 18.3 Å². The van der Waals surface area contributed by atoms with Crippen LogP contribution < -0.4 is 0 Å². The standard InChI is InChI=1S/C26H29F3N4O/c1-17-6-10-22(19-14-31-32(3)16-19)23(13-17)25(34)33-12-4-5-18(2)24(33)11-9-21-8-7-20(15-30-21)26(27,28)29/h6-8,10,13-16,18,24H,4-5,9,11-12H2,1-3H3/t18-,24+/m0/s1. The van der Waals surface area contributed by atoms with Crippen molar-refractivity contribution in [3.63, 3.8) is 0 Å². The largest absolute Gasteiger partial charge is 0.417 e. The van der Waals surface area contributed by atoms with E-state index >= 15 is 0 Å². The molecule has 4 rings (SSSR count). The van der Waals surface area contributed by atoms with E-state index in [4.69, 9.17) is 0 Å². The van der Waals surface area contributed by atoms with Crippen molar-refractivity contribution in [3.8, 4) is 11.1 Å². The van der Waals surface area contributed by atoms with Gasteiger partial charge in [0.05, 0.1) is 11.8 Å². The Morgan fingerprint density at radius 1 is 1.18 bits per heavy atom. The van der Waals surface area contributed by atoms with Crippen molar-refractivity contribution in [1.82, 2.24) is 19.7 Å². The summed E-state index contributed by atoms with van der Waals surface area (Å²) in [4.78, 5) is 19.8. The zero-order chi connectivity index (χ0) is 24.5. The first-order valence-corrected chi connectivity index (χ1v) is 11.6. The second-order valence-electron chi connectivity index (χ2n) is 9.21. The molecule has 0 spiro atoms. The summed E-state index contributed by atoms with van der Waals surface area (Å²) in [6.45, 7) is 4.77. The highest BCUT2D eigenvalue weighted by molar-refractivity contribution is 6.01. The van der Waals surface area contributed by atoms with Crippen LogP contribution in [-0.2, 0) is 19.6 Å². The van der Waals surface area contributed by atoms with Gasteiger partial charge in [-0.05, 0) is 62.3 Å². The van der Waals surface area contributed by atoms with Gasteiger partial charge in [-0.15, -0.1) is 0 Å². The summed E-state index contributed by atoms with van der Waals surface area (Å²) in [5.74, 6) is 0.276. The fourth-order valence-electron chi connectivity index (χ4n) is 4.78. The van der Waals surface area contributed by atoms with Gasteiger partial charge in [-0.1, -0.05) is 24.6 Å². The summed E-state index contributed by atoms with van der Waals surface area (Å²) in [5, 5.41) is 4.25. The molecule has 1 aliphatic rings. The predicted molar refractivity (Wildman–Crippen MR) is 124 cm³/mol. The summed E-state index contributed by atoms with van der Waals surface area (Å²) < 4.78 is 40.2. The predicted octanol–water partition coefficient (Wildman–Crippen LogP) is 5.68. The number of benzene rings is 1. The van der Waals surface area contributed by atoms with E-state index in [0.717, 1.165) is 41.8 Å². The Labute approximate surface area is 197 Å². The lowest BCUT2D eigenvalue weighted by atomic mass is 9.86. The fourth-order valence-corrected chi connectivity index (χ4v) is 4.78. The summed E-state index contributed by atoms with van der Waals surface area (Å²) in [5.41, 5.74) is 3.25. The zero-order valence-electron chi connectivity index (χ0n) is 19.6. The lowest BCUT2D eigenvalue weighted by Crippen LogP contribution is -2.48. The molecule has 0 unspecified atom stereocenters. The van der Waals surface area contributed by atoms with Gasteiger partial charge < -0.3 is 4.90 Å². The monoisotopic (exact) mass is 470 g/mol. The number of nitrogens with zero attached hydrogens (tertiary/aromatic N) is 4. The summed E-state index contributed by atoms with van der Waals surface area (Å²) in [6.07, 6.45) is 3.25. The number of likely N-dealkylation sites (tertiary alicyclic amines) is 1. The molecule has 0 bridgehead atoms. The molecule has 3 aromatic rings. The molecule has 1 fully saturated rings. The van der Waals surface area contributed by atoms with Crippen molar-refractivity contribution in [1.29, 1.82) is 0 Å². The smallest absolute Gasteiger partial charge is 0.335 e. The zero-order valence-corrected chi connectivity index (χ0v) is 19.6. The van der Waals surface area contributed by atoms with Gasteiger partial charge in [0, 0.05) is 48.8 Å². The topological polar surface area (TPSA) is 51.0 Å². The SMILES string of the molecule is Cc1ccc(-c2cnn(C)c2)c(C(=O)N2CCC[C@H](C)[C@H]2CCc2ccc(C(F)(F)F)cn2)c1. The molecule has 1 aromatic carbocycles. The number of carbonyl (C=O) groups is 1. The first-order chi connectivity index (χ1) is 16.1. The van der Waals surface area contributed by atoms with Crippen LogP contribution in [0.4, 0.5) is 13.2 Å². The van der Waals surface area contributed by atoms with E-state index in [1.807, 2.05) is 43.3 Å². The average molecular weight is 471 g/mol. The van der Waals surface area contributed by atoms with Crippen LogP contribution in [0.2, 0.25) is 0 Å². The average Bonchev–Trinajstić information content (AvgIpc) is 3.23. The lowest BCUT2D eigenvalue weighted by molar-refractivity contribution is -0.137. The molecule has 34 heavy (non-hydrogen) atoms. The Balaban J connectivity index is 1.57. The highest BCUT2D eigenvalue weighted by atomic mass is 19.4. The van der Waals surface area contributed by atoms with E-state index in [0.29, 0.717) is 36.6 Å². The minimum atomic E-state index is -4.40. The quantitative estimate of drug-likeness (QED) is 0.482. The van der Waals surface area contributed by atoms with Crippen molar-refractivity contribution >= 4 is 5.91 Å². The second-order valence-corrected chi connectivity index (χ2v) is 9.21. The fraction of sp³-hybridized carbons (Fsp3) is 0.423. The van der Waals surface area contributed by atoms with E-state index in [9.17, 15) is 18.0 Å². The van der Waals surface area contributed by atoms with E-state index in [2.05, 4.69) is 17.0 Å². The van der Waals surface area contributed by atoms with Crippen LogP contribution in [-0.4, -0.2) is 38.2 Å². The van der Waals surface area contributed by atoms with Crippen LogP contribution in [0, 0.1) is 12.8 Å². The van der Waals surface area contributed by atoms with E-state index < -0.39 is 11.7 Å². The van der Waals surface area contributed by atoms with Gasteiger partial charge in [0.2, 0.25) is 0 Å². The molecular formula is C26H29F3N4O. The van der Waals surface area contributed by atoms with Crippen LogP contribution in [0.3, 0.4) is 0 Å². The third kappa shape index (κ3) is 5.16. The molecule has 5 nitrogen and oxygen atoms in total. The molecule has 0 aliphatic carbocycles. The van der Waals surface area contributed by atoms with Crippen molar-refractivity contribution < 1.29 is 18.0 Å². The first-order valence-electron chi connectivity index (χ1n) is 11.6. The minimum absolute atomic E-state index is 0.00685. The maximum Gasteiger partial charge on any atom is 0.417 e. The number of hydrogen-bond acceptors (Lipinski definition) is 3. The number of halogens is 3. The number of piperidine rings is 1. The van der Waals surface area contributed by atoms with Crippen LogP contribution in [0.25, 0.3) is 11.1 Å². The summed E-state index contributed by atoms with van der Waals surface area (Å²) >= 11 is 0. The Bertz CT molecular complexity index is 1150. The third-order valence-electron chi connectivity index (χ3n) is 6.65. The molecule has 0 radical (unpaired) electrons. The number of carbonyl (C=O) groups excluding carboxylic acids is 1. The molecule has 2 aromatic heterocycles. The minimum Gasteiger partial charge on any atom is -0.335 e. The summed E-state index contributed by atoms with van der Waals surface area (Å²) in [6, 6.07) is 8.39. The molecule has 0 saturated carbocycles. The number of aromatic nitrogens is 3. The normalized spacial score (nSPS) is 18.8. The molecule has 8 heteroatoms. The van der Waals surface area contributed by atoms with Crippen molar-refractivity contribution in [2.75, 3.05) is 6.54 Å². The third-order valence-corrected chi connectivity index (χ3v) is 6.65. The van der Waals surface area contributed by atoms with Gasteiger partial charge in [0.15, 0.2) is 0 Å². The van der Waals surface area contributed by atoms with Crippen molar-refractivity contribution in [3.05, 3.63) is 71.3 Å². The van der Waals surface area contributed by atoms with Crippen LogP contribution in [0.5, 0.6) is 0 Å². The van der Waals surface area contributed by atoms with Crippen LogP contribution >= 0.6 is 0 Å². The van der Waals surface area contributed by atoms with E-state index in [1.54, 1.807) is 10.9 Å². The lowest BCUT2D eigenvalue weighted by Gasteiger charge is -2.40. The Kier molecular flexibility index (Phi) is 6.77. The molecule has 1 amide bonds. The summed E-state index contributed by atoms with van der Waals surface area (Å²) in [7, 11) is 1.84. The van der Waals surface area contributed by atoms with Crippen LogP contribution in [0.1, 0.15) is 53.4 Å². The number of rotatable bonds is 5. The van der Waals surface area contributed by atoms with Gasteiger partial charge >= 0.3 is 6.18 Å². The Morgan fingerprint density at radius 2 is 1.97 bits per heavy atom. The number of amides is 1. The Morgan fingerprint density at radius 3 is 2.62 bits per heavy atom. The number of pyridine rings is 1.